The van der Waals surface area contributed by atoms with Crippen molar-refractivity contribution < 1.29 is 9.66 Å². The molecule has 8 nitrogen and oxygen atoms in total. The maximum Gasteiger partial charge on any atom is 0.273 e. The van der Waals surface area contributed by atoms with Crippen LogP contribution in [-0.2, 0) is 19.5 Å². The second-order valence-corrected chi connectivity index (χ2v) is 6.92. The zero-order valence-corrected chi connectivity index (χ0v) is 15.9. The van der Waals surface area contributed by atoms with Crippen LogP contribution in [0.4, 0.5) is 5.69 Å². The molecule has 2 aromatic carbocycles. The van der Waals surface area contributed by atoms with Gasteiger partial charge in [-0.1, -0.05) is 30.3 Å². The monoisotopic (exact) mass is 392 g/mol. The van der Waals surface area contributed by atoms with Gasteiger partial charge >= 0.3 is 0 Å². The van der Waals surface area contributed by atoms with Gasteiger partial charge in [0.2, 0.25) is 0 Å². The number of nitrogens with zero attached hydrogens (tertiary/aromatic N) is 3. The normalized spacial score (nSPS) is 13.7. The summed E-state index contributed by atoms with van der Waals surface area (Å²) in [6, 6.07) is 14.2. The molecule has 2 heterocycles. The molecule has 1 N–H and O–H groups in total. The summed E-state index contributed by atoms with van der Waals surface area (Å²) in [6.45, 7) is 1.78. The molecule has 29 heavy (non-hydrogen) atoms. The van der Waals surface area contributed by atoms with Crippen LogP contribution < -0.4 is 10.3 Å². The largest absolute Gasteiger partial charge is 0.496 e. The predicted molar refractivity (Wildman–Crippen MR) is 108 cm³/mol. The highest BCUT2D eigenvalue weighted by molar-refractivity contribution is 5.54. The summed E-state index contributed by atoms with van der Waals surface area (Å²) in [7, 11) is 1.50. The van der Waals surface area contributed by atoms with Gasteiger partial charge < -0.3 is 9.72 Å². The maximum atomic E-state index is 12.5. The van der Waals surface area contributed by atoms with E-state index < -0.39 is 4.92 Å². The average Bonchev–Trinajstić information content (AvgIpc) is 2.74. The molecule has 0 amide bonds. The molecule has 0 unspecified atom stereocenters. The molecular formula is C21H20N4O4. The second kappa shape index (κ2) is 7.84. The van der Waals surface area contributed by atoms with Gasteiger partial charge in [-0.25, -0.2) is 4.98 Å². The van der Waals surface area contributed by atoms with Gasteiger partial charge in [-0.05, 0) is 12.5 Å². The number of rotatable bonds is 5. The fraction of sp³-hybridized carbons (Fsp3) is 0.238. The molecule has 0 spiro atoms. The molecule has 1 aliphatic heterocycles. The van der Waals surface area contributed by atoms with Crippen LogP contribution in [0.5, 0.6) is 5.75 Å². The van der Waals surface area contributed by atoms with E-state index in [0.717, 1.165) is 22.4 Å². The molecule has 0 aliphatic carbocycles. The summed E-state index contributed by atoms with van der Waals surface area (Å²) >= 11 is 0. The molecular weight excluding hydrogens is 372 g/mol. The first-order valence-corrected chi connectivity index (χ1v) is 9.26. The Labute approximate surface area is 166 Å². The number of ether oxygens (including phenoxy) is 1. The Hall–Kier alpha value is -3.52. The summed E-state index contributed by atoms with van der Waals surface area (Å²) in [5, 5.41) is 11.0. The fourth-order valence-corrected chi connectivity index (χ4v) is 3.58. The van der Waals surface area contributed by atoms with E-state index in [1.54, 1.807) is 6.07 Å². The molecule has 0 saturated carbocycles. The van der Waals surface area contributed by atoms with Gasteiger partial charge in [-0.15, -0.1) is 0 Å². The molecule has 0 saturated heterocycles. The summed E-state index contributed by atoms with van der Waals surface area (Å²) < 4.78 is 5.34. The lowest BCUT2D eigenvalue weighted by Gasteiger charge is -2.28. The van der Waals surface area contributed by atoms with Crippen molar-refractivity contribution in [3.05, 3.63) is 85.8 Å². The lowest BCUT2D eigenvalue weighted by atomic mass is 10.0. The number of H-pyrrole nitrogens is 1. The van der Waals surface area contributed by atoms with Gasteiger partial charge in [0.15, 0.2) is 0 Å². The molecule has 4 rings (SSSR count). The zero-order valence-electron chi connectivity index (χ0n) is 15.9. The first-order chi connectivity index (χ1) is 14.0. The van der Waals surface area contributed by atoms with Gasteiger partial charge in [-0.2, -0.15) is 0 Å². The number of hydrogen-bond acceptors (Lipinski definition) is 6. The number of nitro benzene ring substituents is 1. The van der Waals surface area contributed by atoms with Crippen LogP contribution in [0.3, 0.4) is 0 Å². The van der Waals surface area contributed by atoms with E-state index in [-0.39, 0.29) is 11.2 Å². The van der Waals surface area contributed by atoms with Crippen molar-refractivity contribution in [3.63, 3.8) is 0 Å². The third-order valence-electron chi connectivity index (χ3n) is 5.08. The lowest BCUT2D eigenvalue weighted by Crippen LogP contribution is -2.35. The molecule has 1 aliphatic rings. The van der Waals surface area contributed by atoms with Crippen molar-refractivity contribution in [1.29, 1.82) is 0 Å². The highest BCUT2D eigenvalue weighted by Crippen LogP contribution is 2.27. The van der Waals surface area contributed by atoms with Crippen LogP contribution in [0.2, 0.25) is 0 Å². The minimum atomic E-state index is -0.440. The van der Waals surface area contributed by atoms with E-state index >= 15 is 0 Å². The Morgan fingerprint density at radius 1 is 1.24 bits per heavy atom. The molecule has 0 radical (unpaired) electrons. The van der Waals surface area contributed by atoms with Crippen molar-refractivity contribution in [1.82, 2.24) is 14.9 Å². The van der Waals surface area contributed by atoms with Gasteiger partial charge in [0.05, 0.1) is 23.8 Å². The summed E-state index contributed by atoms with van der Waals surface area (Å²) in [6.07, 6.45) is 0.599. The van der Waals surface area contributed by atoms with E-state index in [1.807, 2.05) is 30.3 Å². The smallest absolute Gasteiger partial charge is 0.273 e. The third kappa shape index (κ3) is 3.88. The molecule has 8 heteroatoms. The van der Waals surface area contributed by atoms with Gasteiger partial charge in [0, 0.05) is 42.4 Å². The first kappa shape index (κ1) is 18.8. The zero-order chi connectivity index (χ0) is 20.4. The lowest BCUT2D eigenvalue weighted by molar-refractivity contribution is -0.384. The SMILES string of the molecule is COc1cc([N+](=O)[O-])ccc1CN1CCc2c(nc(-c3ccccc3)[nH]c2=O)C1. The van der Waals surface area contributed by atoms with Crippen molar-refractivity contribution >= 4 is 5.69 Å². The minimum Gasteiger partial charge on any atom is -0.496 e. The summed E-state index contributed by atoms with van der Waals surface area (Å²) in [5.41, 5.74) is 3.10. The molecule has 0 bridgehead atoms. The molecule has 3 aromatic rings. The summed E-state index contributed by atoms with van der Waals surface area (Å²) in [4.78, 5) is 32.8. The topological polar surface area (TPSA) is 101 Å². The van der Waals surface area contributed by atoms with E-state index in [9.17, 15) is 14.9 Å². The number of methoxy groups -OCH3 is 1. The quantitative estimate of drug-likeness (QED) is 0.529. The van der Waals surface area contributed by atoms with Crippen LogP contribution in [0.15, 0.2) is 53.3 Å². The molecule has 0 fully saturated rings. The summed E-state index contributed by atoms with van der Waals surface area (Å²) in [5.74, 6) is 1.04. The molecule has 0 atom stereocenters. The molecule has 1 aromatic heterocycles. The van der Waals surface area contributed by atoms with Crippen LogP contribution in [0.1, 0.15) is 16.8 Å². The highest BCUT2D eigenvalue weighted by atomic mass is 16.6. The number of hydrogen-bond donors (Lipinski definition) is 1. The van der Waals surface area contributed by atoms with Crippen molar-refractivity contribution in [3.8, 4) is 17.1 Å². The van der Waals surface area contributed by atoms with E-state index in [0.29, 0.717) is 37.6 Å². The van der Waals surface area contributed by atoms with E-state index in [4.69, 9.17) is 9.72 Å². The Bertz CT molecular complexity index is 1110. The Kier molecular flexibility index (Phi) is 5.09. The maximum absolute atomic E-state index is 12.5. The first-order valence-electron chi connectivity index (χ1n) is 9.26. The Morgan fingerprint density at radius 3 is 2.76 bits per heavy atom. The standard InChI is InChI=1S/C21H20N4O4/c1-29-19-11-16(25(27)28)8-7-15(19)12-24-10-9-17-18(13-24)22-20(23-21(17)26)14-5-3-2-4-6-14/h2-8,11H,9-10,12-13H2,1H3,(H,22,23,26). The third-order valence-corrected chi connectivity index (χ3v) is 5.08. The van der Waals surface area contributed by atoms with Crippen LogP contribution in [-0.4, -0.2) is 33.4 Å². The van der Waals surface area contributed by atoms with Crippen molar-refractivity contribution in [2.75, 3.05) is 13.7 Å². The van der Waals surface area contributed by atoms with Crippen LogP contribution in [0.25, 0.3) is 11.4 Å². The number of fused-ring (bicyclic) bond motifs is 1. The van der Waals surface area contributed by atoms with Gasteiger partial charge in [0.25, 0.3) is 11.2 Å². The van der Waals surface area contributed by atoms with E-state index in [2.05, 4.69) is 9.88 Å². The number of aromatic amines is 1. The molecule has 148 valence electrons. The van der Waals surface area contributed by atoms with E-state index in [1.165, 1.54) is 19.2 Å². The second-order valence-electron chi connectivity index (χ2n) is 6.92. The van der Waals surface area contributed by atoms with Crippen molar-refractivity contribution in [2.45, 2.75) is 19.5 Å². The Morgan fingerprint density at radius 2 is 2.03 bits per heavy atom. The van der Waals surface area contributed by atoms with Crippen LogP contribution >= 0.6 is 0 Å². The number of aromatic nitrogens is 2. The number of non-ortho nitro benzene ring substituents is 1. The number of nitrogens with one attached hydrogen (secondary N) is 1. The number of benzene rings is 2. The average molecular weight is 392 g/mol. The Balaban J connectivity index is 1.60. The number of nitro groups is 1. The highest BCUT2D eigenvalue weighted by Gasteiger charge is 2.23. The van der Waals surface area contributed by atoms with Gasteiger partial charge in [-0.3, -0.25) is 19.8 Å². The minimum absolute atomic E-state index is 0.00436. The van der Waals surface area contributed by atoms with Crippen molar-refractivity contribution in [2.24, 2.45) is 0 Å². The fourth-order valence-electron chi connectivity index (χ4n) is 3.58. The van der Waals surface area contributed by atoms with Gasteiger partial charge in [0.1, 0.15) is 11.6 Å². The predicted octanol–water partition coefficient (Wildman–Crippen LogP) is 2.91. The van der Waals surface area contributed by atoms with Crippen LogP contribution in [0, 0.1) is 10.1 Å².